The van der Waals surface area contributed by atoms with Gasteiger partial charge in [-0.3, -0.25) is 0 Å². The van der Waals surface area contributed by atoms with Crippen LogP contribution >= 0.6 is 0 Å². The second-order valence-corrected chi connectivity index (χ2v) is 5.43. The van der Waals surface area contributed by atoms with Crippen molar-refractivity contribution in [3.05, 3.63) is 48.1 Å². The van der Waals surface area contributed by atoms with Gasteiger partial charge in [0.2, 0.25) is 0 Å². The SMILES string of the molecule is CCCCCCCCOc1ccc(/C=C\C=C\C(=O)OC)cc1. The summed E-state index contributed by atoms with van der Waals surface area (Å²) < 4.78 is 10.3. The second kappa shape index (κ2) is 12.5. The Bertz CT molecular complexity index is 486. The van der Waals surface area contributed by atoms with Crippen molar-refractivity contribution in [2.45, 2.75) is 45.4 Å². The number of hydrogen-bond donors (Lipinski definition) is 0. The van der Waals surface area contributed by atoms with E-state index in [1.807, 2.05) is 36.4 Å². The summed E-state index contributed by atoms with van der Waals surface area (Å²) in [6, 6.07) is 7.94. The van der Waals surface area contributed by atoms with Crippen molar-refractivity contribution in [2.75, 3.05) is 13.7 Å². The molecule has 0 atom stereocenters. The van der Waals surface area contributed by atoms with Crippen molar-refractivity contribution in [1.29, 1.82) is 0 Å². The Kier molecular flexibility index (Phi) is 10.3. The molecule has 0 amide bonds. The first-order valence-electron chi connectivity index (χ1n) is 8.42. The van der Waals surface area contributed by atoms with Gasteiger partial charge in [0.15, 0.2) is 0 Å². The van der Waals surface area contributed by atoms with Gasteiger partial charge in [-0.2, -0.15) is 0 Å². The van der Waals surface area contributed by atoms with Gasteiger partial charge in [0.25, 0.3) is 0 Å². The van der Waals surface area contributed by atoms with E-state index in [2.05, 4.69) is 11.7 Å². The molecule has 23 heavy (non-hydrogen) atoms. The van der Waals surface area contributed by atoms with E-state index in [9.17, 15) is 4.79 Å². The summed E-state index contributed by atoms with van der Waals surface area (Å²) in [6.07, 6.45) is 14.4. The fraction of sp³-hybridized carbons (Fsp3) is 0.450. The topological polar surface area (TPSA) is 35.5 Å². The Balaban J connectivity index is 2.24. The van der Waals surface area contributed by atoms with Crippen LogP contribution in [0.1, 0.15) is 51.0 Å². The van der Waals surface area contributed by atoms with Crippen LogP contribution in [0.3, 0.4) is 0 Å². The van der Waals surface area contributed by atoms with Gasteiger partial charge in [0.05, 0.1) is 13.7 Å². The second-order valence-electron chi connectivity index (χ2n) is 5.43. The largest absolute Gasteiger partial charge is 0.494 e. The normalized spacial score (nSPS) is 11.2. The molecule has 0 N–H and O–H groups in total. The molecule has 1 aromatic rings. The summed E-state index contributed by atoms with van der Waals surface area (Å²) in [5.41, 5.74) is 1.06. The molecular formula is C20H28O3. The van der Waals surface area contributed by atoms with Crippen LogP contribution in [-0.2, 0) is 9.53 Å². The lowest BCUT2D eigenvalue weighted by Gasteiger charge is -2.06. The Labute approximate surface area is 140 Å². The highest BCUT2D eigenvalue weighted by molar-refractivity contribution is 5.82. The van der Waals surface area contributed by atoms with Crippen LogP contribution in [-0.4, -0.2) is 19.7 Å². The number of benzene rings is 1. The molecule has 0 spiro atoms. The van der Waals surface area contributed by atoms with E-state index in [4.69, 9.17) is 4.74 Å². The number of hydrogen-bond acceptors (Lipinski definition) is 3. The maximum absolute atomic E-state index is 10.9. The fourth-order valence-electron chi connectivity index (χ4n) is 2.12. The zero-order valence-electron chi connectivity index (χ0n) is 14.3. The molecule has 0 heterocycles. The molecule has 0 radical (unpaired) electrons. The molecule has 0 saturated carbocycles. The standard InChI is InChI=1S/C20H28O3/c1-3-4-5-6-7-10-17-23-19-15-13-18(14-16-19)11-8-9-12-20(21)22-2/h8-9,11-16H,3-7,10,17H2,1-2H3/b11-8-,12-9+. The average molecular weight is 316 g/mol. The van der Waals surface area contributed by atoms with Crippen LogP contribution < -0.4 is 4.74 Å². The van der Waals surface area contributed by atoms with Crippen molar-refractivity contribution in [3.63, 3.8) is 0 Å². The molecule has 0 aromatic heterocycles. The van der Waals surface area contributed by atoms with Crippen molar-refractivity contribution in [1.82, 2.24) is 0 Å². The van der Waals surface area contributed by atoms with Gasteiger partial charge in [-0.1, -0.05) is 69.4 Å². The van der Waals surface area contributed by atoms with Gasteiger partial charge in [0, 0.05) is 6.08 Å². The molecule has 0 saturated heterocycles. The molecule has 0 aliphatic rings. The molecule has 0 aliphatic carbocycles. The van der Waals surface area contributed by atoms with E-state index in [0.717, 1.165) is 24.3 Å². The third-order valence-electron chi connectivity index (χ3n) is 3.48. The summed E-state index contributed by atoms with van der Waals surface area (Å²) in [5.74, 6) is 0.550. The summed E-state index contributed by atoms with van der Waals surface area (Å²) in [6.45, 7) is 3.01. The number of methoxy groups -OCH3 is 1. The Morgan fingerprint density at radius 1 is 1.00 bits per heavy atom. The minimum absolute atomic E-state index is 0.354. The number of esters is 1. The van der Waals surface area contributed by atoms with Gasteiger partial charge in [-0.05, 0) is 24.1 Å². The quantitative estimate of drug-likeness (QED) is 0.244. The number of ether oxygens (including phenoxy) is 2. The van der Waals surface area contributed by atoms with Gasteiger partial charge < -0.3 is 9.47 Å². The number of allylic oxidation sites excluding steroid dienone is 2. The third kappa shape index (κ3) is 9.56. The highest BCUT2D eigenvalue weighted by Gasteiger charge is 1.95. The van der Waals surface area contributed by atoms with Crippen molar-refractivity contribution in [2.24, 2.45) is 0 Å². The molecule has 0 aliphatic heterocycles. The van der Waals surface area contributed by atoms with E-state index in [0.29, 0.717) is 0 Å². The van der Waals surface area contributed by atoms with Crippen LogP contribution in [0.5, 0.6) is 5.75 Å². The van der Waals surface area contributed by atoms with E-state index in [-0.39, 0.29) is 5.97 Å². The van der Waals surface area contributed by atoms with Crippen molar-refractivity contribution >= 4 is 12.0 Å². The van der Waals surface area contributed by atoms with Gasteiger partial charge in [-0.15, -0.1) is 0 Å². The van der Waals surface area contributed by atoms with Crippen molar-refractivity contribution in [3.8, 4) is 5.75 Å². The monoisotopic (exact) mass is 316 g/mol. The van der Waals surface area contributed by atoms with Crippen LogP contribution in [0, 0.1) is 0 Å². The molecule has 3 heteroatoms. The maximum Gasteiger partial charge on any atom is 0.330 e. The Hall–Kier alpha value is -2.03. The molecule has 1 rings (SSSR count). The molecule has 3 nitrogen and oxygen atoms in total. The number of unbranched alkanes of at least 4 members (excludes halogenated alkanes) is 5. The molecule has 0 unspecified atom stereocenters. The number of carbonyl (C=O) groups is 1. The van der Waals surface area contributed by atoms with E-state index in [1.165, 1.54) is 45.3 Å². The lowest BCUT2D eigenvalue weighted by molar-refractivity contribution is -0.134. The maximum atomic E-state index is 10.9. The predicted octanol–water partition coefficient (Wildman–Crippen LogP) is 5.17. The molecule has 0 bridgehead atoms. The smallest absolute Gasteiger partial charge is 0.330 e. The minimum atomic E-state index is -0.354. The van der Waals surface area contributed by atoms with Crippen LogP contribution in [0.4, 0.5) is 0 Å². The molecule has 0 fully saturated rings. The van der Waals surface area contributed by atoms with E-state index >= 15 is 0 Å². The van der Waals surface area contributed by atoms with Crippen LogP contribution in [0.15, 0.2) is 42.5 Å². The zero-order chi connectivity index (χ0) is 16.8. The fourth-order valence-corrected chi connectivity index (χ4v) is 2.12. The van der Waals surface area contributed by atoms with Gasteiger partial charge >= 0.3 is 5.97 Å². The average Bonchev–Trinajstić information content (AvgIpc) is 2.59. The molecular weight excluding hydrogens is 288 g/mol. The van der Waals surface area contributed by atoms with Crippen LogP contribution in [0.2, 0.25) is 0 Å². The third-order valence-corrected chi connectivity index (χ3v) is 3.48. The summed E-state index contributed by atoms with van der Waals surface area (Å²) >= 11 is 0. The Morgan fingerprint density at radius 2 is 1.70 bits per heavy atom. The highest BCUT2D eigenvalue weighted by atomic mass is 16.5. The first-order valence-corrected chi connectivity index (χ1v) is 8.42. The first kappa shape index (κ1) is 19.0. The number of rotatable bonds is 11. The minimum Gasteiger partial charge on any atom is -0.494 e. The highest BCUT2D eigenvalue weighted by Crippen LogP contribution is 2.14. The van der Waals surface area contributed by atoms with Gasteiger partial charge in [-0.25, -0.2) is 4.79 Å². The van der Waals surface area contributed by atoms with E-state index < -0.39 is 0 Å². The van der Waals surface area contributed by atoms with Crippen LogP contribution in [0.25, 0.3) is 6.08 Å². The first-order chi connectivity index (χ1) is 11.3. The summed E-state index contributed by atoms with van der Waals surface area (Å²) in [7, 11) is 1.36. The van der Waals surface area contributed by atoms with Crippen molar-refractivity contribution < 1.29 is 14.3 Å². The lowest BCUT2D eigenvalue weighted by Crippen LogP contribution is -1.97. The summed E-state index contributed by atoms with van der Waals surface area (Å²) in [5, 5.41) is 0. The van der Waals surface area contributed by atoms with E-state index in [1.54, 1.807) is 6.08 Å². The lowest BCUT2D eigenvalue weighted by atomic mass is 10.1. The predicted molar refractivity (Wildman–Crippen MR) is 95.5 cm³/mol. The van der Waals surface area contributed by atoms with Gasteiger partial charge in [0.1, 0.15) is 5.75 Å². The molecule has 126 valence electrons. The Morgan fingerprint density at radius 3 is 2.39 bits per heavy atom. The summed E-state index contributed by atoms with van der Waals surface area (Å²) in [4.78, 5) is 10.9. The number of carbonyl (C=O) groups excluding carboxylic acids is 1. The zero-order valence-corrected chi connectivity index (χ0v) is 14.3. The molecule has 1 aromatic carbocycles.